The average molecular weight is 354 g/mol. The Labute approximate surface area is 146 Å². The summed E-state index contributed by atoms with van der Waals surface area (Å²) in [5.41, 5.74) is -0.0841. The summed E-state index contributed by atoms with van der Waals surface area (Å²) >= 11 is 1.46. The van der Waals surface area contributed by atoms with E-state index in [0.717, 1.165) is 32.2 Å². The average Bonchev–Trinajstić information content (AvgIpc) is 3.36. The number of piperidine rings is 1. The van der Waals surface area contributed by atoms with Crippen molar-refractivity contribution in [2.45, 2.75) is 55.7 Å². The standard InChI is InChI=1S/C16H26N4O3S/c1-10-7-18-15(22)19-14(10)24-9-13(21)20-16(5-6-16)12-4-3-11(23-2)8-17-12/h7,10-12,14,17H,3-6,8-9H2,1-2H3,(H,19,22)(H,20,21). The molecule has 3 aliphatic rings. The lowest BCUT2D eigenvalue weighted by atomic mass is 9.94. The summed E-state index contributed by atoms with van der Waals surface area (Å²) in [6.45, 7) is 2.83. The third-order valence-electron chi connectivity index (χ3n) is 5.11. The Morgan fingerprint density at radius 2 is 2.29 bits per heavy atom. The minimum atomic E-state index is -0.330. The zero-order valence-corrected chi connectivity index (χ0v) is 15.0. The summed E-state index contributed by atoms with van der Waals surface area (Å²) in [7, 11) is 1.74. The van der Waals surface area contributed by atoms with Gasteiger partial charge in [0.15, 0.2) is 0 Å². The molecule has 4 unspecified atom stereocenters. The van der Waals surface area contributed by atoms with Crippen LogP contribution in [0.3, 0.4) is 0 Å². The normalized spacial score (nSPS) is 34.5. The quantitative estimate of drug-likeness (QED) is 0.659. The van der Waals surface area contributed by atoms with Crippen molar-refractivity contribution in [3.63, 3.8) is 0 Å². The SMILES string of the molecule is COC1CCC(C2(NC(=O)CSC3NC(=O)N=CC3C)CC2)NC1. The number of aliphatic imine (C=N–C) groups is 1. The van der Waals surface area contributed by atoms with Crippen molar-refractivity contribution in [2.75, 3.05) is 19.4 Å². The molecule has 0 aromatic heterocycles. The molecule has 134 valence electrons. The zero-order valence-electron chi connectivity index (χ0n) is 14.2. The Hall–Kier alpha value is -1.12. The first-order valence-electron chi connectivity index (χ1n) is 8.56. The smallest absolute Gasteiger partial charge is 0.341 e. The van der Waals surface area contributed by atoms with Crippen LogP contribution in [0.25, 0.3) is 0 Å². The molecule has 2 fully saturated rings. The molecule has 0 spiro atoms. The molecule has 1 saturated heterocycles. The molecule has 24 heavy (non-hydrogen) atoms. The summed E-state index contributed by atoms with van der Waals surface area (Å²) in [5, 5.41) is 9.45. The first-order chi connectivity index (χ1) is 11.5. The van der Waals surface area contributed by atoms with E-state index < -0.39 is 0 Å². The molecule has 0 aromatic rings. The van der Waals surface area contributed by atoms with Crippen LogP contribution in [-0.2, 0) is 9.53 Å². The Balaban J connectivity index is 1.45. The van der Waals surface area contributed by atoms with Crippen LogP contribution in [0.15, 0.2) is 4.99 Å². The molecule has 2 heterocycles. The molecule has 4 atom stereocenters. The molecule has 1 saturated carbocycles. The monoisotopic (exact) mass is 354 g/mol. The van der Waals surface area contributed by atoms with Crippen LogP contribution in [0, 0.1) is 5.92 Å². The molecular weight excluding hydrogens is 328 g/mol. The van der Waals surface area contributed by atoms with Gasteiger partial charge in [-0.15, -0.1) is 11.8 Å². The predicted octanol–water partition coefficient (Wildman–Crippen LogP) is 0.892. The molecule has 7 nitrogen and oxygen atoms in total. The Bertz CT molecular complexity index is 515. The first kappa shape index (κ1) is 17.7. The fourth-order valence-corrected chi connectivity index (χ4v) is 4.39. The lowest BCUT2D eigenvalue weighted by Gasteiger charge is -2.35. The maximum Gasteiger partial charge on any atom is 0.341 e. The minimum Gasteiger partial charge on any atom is -0.380 e. The number of methoxy groups -OCH3 is 1. The van der Waals surface area contributed by atoms with Gasteiger partial charge in [0.1, 0.15) is 0 Å². The van der Waals surface area contributed by atoms with Crippen LogP contribution in [-0.4, -0.2) is 60.6 Å². The number of rotatable bonds is 6. The van der Waals surface area contributed by atoms with Crippen LogP contribution in [0.5, 0.6) is 0 Å². The van der Waals surface area contributed by atoms with Crippen molar-refractivity contribution in [1.82, 2.24) is 16.0 Å². The molecule has 1 aliphatic carbocycles. The van der Waals surface area contributed by atoms with E-state index in [-0.39, 0.29) is 34.9 Å². The maximum atomic E-state index is 12.4. The van der Waals surface area contributed by atoms with Crippen LogP contribution in [0.4, 0.5) is 4.79 Å². The van der Waals surface area contributed by atoms with Gasteiger partial charge in [-0.2, -0.15) is 0 Å². The number of amides is 3. The van der Waals surface area contributed by atoms with Gasteiger partial charge in [-0.05, 0) is 25.7 Å². The van der Waals surface area contributed by atoms with Gasteiger partial charge in [-0.3, -0.25) is 4.79 Å². The van der Waals surface area contributed by atoms with Crippen molar-refractivity contribution in [2.24, 2.45) is 10.9 Å². The molecule has 0 aromatic carbocycles. The largest absolute Gasteiger partial charge is 0.380 e. The Kier molecular flexibility index (Phi) is 5.46. The summed E-state index contributed by atoms with van der Waals surface area (Å²) in [6, 6.07) is 0.00191. The third kappa shape index (κ3) is 4.10. The van der Waals surface area contributed by atoms with E-state index in [0.29, 0.717) is 11.8 Å². The van der Waals surface area contributed by atoms with Gasteiger partial charge in [0, 0.05) is 31.8 Å². The summed E-state index contributed by atoms with van der Waals surface area (Å²) in [4.78, 5) is 27.4. The Morgan fingerprint density at radius 3 is 2.92 bits per heavy atom. The van der Waals surface area contributed by atoms with Crippen LogP contribution >= 0.6 is 11.8 Å². The van der Waals surface area contributed by atoms with E-state index in [1.165, 1.54) is 11.8 Å². The van der Waals surface area contributed by atoms with Crippen molar-refractivity contribution in [1.29, 1.82) is 0 Å². The van der Waals surface area contributed by atoms with Gasteiger partial charge >= 0.3 is 6.03 Å². The topological polar surface area (TPSA) is 91.8 Å². The second-order valence-electron chi connectivity index (χ2n) is 6.92. The second kappa shape index (κ2) is 7.41. The van der Waals surface area contributed by atoms with E-state index in [1.807, 2.05) is 6.92 Å². The van der Waals surface area contributed by atoms with Crippen molar-refractivity contribution in [3.05, 3.63) is 0 Å². The molecule has 3 rings (SSSR count). The van der Waals surface area contributed by atoms with Crippen molar-refractivity contribution in [3.8, 4) is 0 Å². The summed E-state index contributed by atoms with van der Waals surface area (Å²) in [5.74, 6) is 0.511. The van der Waals surface area contributed by atoms with Crippen LogP contribution < -0.4 is 16.0 Å². The van der Waals surface area contributed by atoms with Crippen molar-refractivity contribution < 1.29 is 14.3 Å². The molecule has 0 radical (unpaired) electrons. The van der Waals surface area contributed by atoms with E-state index in [4.69, 9.17) is 4.74 Å². The molecule has 2 aliphatic heterocycles. The number of hydrogen-bond donors (Lipinski definition) is 3. The van der Waals surface area contributed by atoms with Gasteiger partial charge < -0.3 is 20.7 Å². The lowest BCUT2D eigenvalue weighted by Crippen LogP contribution is -2.56. The number of nitrogens with zero attached hydrogens (tertiary/aromatic N) is 1. The van der Waals surface area contributed by atoms with E-state index in [2.05, 4.69) is 20.9 Å². The van der Waals surface area contributed by atoms with E-state index >= 15 is 0 Å². The lowest BCUT2D eigenvalue weighted by molar-refractivity contribution is -0.119. The molecule has 0 bridgehead atoms. The summed E-state index contributed by atoms with van der Waals surface area (Å²) < 4.78 is 5.38. The van der Waals surface area contributed by atoms with Gasteiger partial charge in [-0.1, -0.05) is 6.92 Å². The van der Waals surface area contributed by atoms with Gasteiger partial charge in [0.25, 0.3) is 0 Å². The maximum absolute atomic E-state index is 12.4. The molecule has 3 amide bonds. The molecule has 8 heteroatoms. The number of nitrogens with one attached hydrogen (secondary N) is 3. The highest BCUT2D eigenvalue weighted by Gasteiger charge is 2.51. The number of carbonyl (C=O) groups excluding carboxylic acids is 2. The van der Waals surface area contributed by atoms with Crippen LogP contribution in [0.2, 0.25) is 0 Å². The number of hydrogen-bond acceptors (Lipinski definition) is 5. The zero-order chi connectivity index (χ0) is 17.2. The predicted molar refractivity (Wildman–Crippen MR) is 94.4 cm³/mol. The number of urea groups is 1. The van der Waals surface area contributed by atoms with E-state index in [9.17, 15) is 9.59 Å². The minimum absolute atomic E-state index is 0.0390. The third-order valence-corrected chi connectivity index (χ3v) is 6.45. The molecular formula is C16H26N4O3S. The second-order valence-corrected chi connectivity index (χ2v) is 8.05. The molecule has 3 N–H and O–H groups in total. The summed E-state index contributed by atoms with van der Waals surface area (Å²) in [6.07, 6.45) is 6.05. The first-order valence-corrected chi connectivity index (χ1v) is 9.61. The van der Waals surface area contributed by atoms with Gasteiger partial charge in [-0.25, -0.2) is 9.79 Å². The highest BCUT2D eigenvalue weighted by atomic mass is 32.2. The number of ether oxygens (including phenoxy) is 1. The van der Waals surface area contributed by atoms with Crippen LogP contribution in [0.1, 0.15) is 32.6 Å². The van der Waals surface area contributed by atoms with E-state index in [1.54, 1.807) is 13.3 Å². The fraction of sp³-hybridized carbons (Fsp3) is 0.812. The van der Waals surface area contributed by atoms with Crippen molar-refractivity contribution >= 4 is 29.9 Å². The fourth-order valence-electron chi connectivity index (χ4n) is 3.42. The number of carbonyl (C=O) groups is 2. The Morgan fingerprint density at radius 1 is 1.50 bits per heavy atom. The number of thioether (sulfide) groups is 1. The highest BCUT2D eigenvalue weighted by Crippen LogP contribution is 2.41. The highest BCUT2D eigenvalue weighted by molar-refractivity contribution is 8.00. The van der Waals surface area contributed by atoms with Gasteiger partial charge in [0.2, 0.25) is 5.91 Å². The van der Waals surface area contributed by atoms with Gasteiger partial charge in [0.05, 0.1) is 22.8 Å².